The maximum Gasteiger partial charge on any atom is 0.269 e. The summed E-state index contributed by atoms with van der Waals surface area (Å²) in [5.74, 6) is -0.977. The molecular formula is C26H19N5O6S. The molecule has 1 unspecified atom stereocenters. The van der Waals surface area contributed by atoms with Crippen molar-refractivity contribution in [1.29, 1.82) is 0 Å². The molecule has 2 amide bonds. The van der Waals surface area contributed by atoms with Crippen LogP contribution in [0.5, 0.6) is 0 Å². The summed E-state index contributed by atoms with van der Waals surface area (Å²) in [6, 6.07) is 16.4. The molecule has 5 rings (SSSR count). The summed E-state index contributed by atoms with van der Waals surface area (Å²) in [7, 11) is 0. The van der Waals surface area contributed by atoms with E-state index in [1.165, 1.54) is 60.3 Å². The number of anilines is 2. The van der Waals surface area contributed by atoms with E-state index in [9.17, 15) is 29.8 Å². The van der Waals surface area contributed by atoms with Crippen molar-refractivity contribution in [1.82, 2.24) is 0 Å². The lowest BCUT2D eigenvalue weighted by molar-refractivity contribution is -0.385. The molecule has 4 N–H and O–H groups in total. The van der Waals surface area contributed by atoms with E-state index in [-0.39, 0.29) is 17.8 Å². The Morgan fingerprint density at radius 3 is 2.18 bits per heavy atom. The molecule has 3 aromatic carbocycles. The molecule has 0 spiro atoms. The number of benzene rings is 3. The maximum absolute atomic E-state index is 12.8. The third-order valence-electron chi connectivity index (χ3n) is 6.37. The van der Waals surface area contributed by atoms with E-state index in [0.29, 0.717) is 16.8 Å². The minimum absolute atomic E-state index is 0.0790. The van der Waals surface area contributed by atoms with Gasteiger partial charge in [0.05, 0.1) is 20.9 Å². The molecule has 1 aliphatic carbocycles. The molecular weight excluding hydrogens is 510 g/mol. The maximum atomic E-state index is 12.8. The first kappa shape index (κ1) is 24.7. The van der Waals surface area contributed by atoms with E-state index in [4.69, 9.17) is 5.73 Å². The Balaban J connectivity index is 1.41. The number of nitrogens with two attached hydrogens (primary N) is 1. The van der Waals surface area contributed by atoms with Crippen LogP contribution in [0.25, 0.3) is 0 Å². The number of hydrogen-bond donors (Lipinski definition) is 3. The molecule has 0 aromatic heterocycles. The zero-order chi connectivity index (χ0) is 27.0. The number of hydrogen-bond acceptors (Lipinski definition) is 8. The highest BCUT2D eigenvalue weighted by Gasteiger charge is 2.40. The van der Waals surface area contributed by atoms with Crippen LogP contribution in [-0.2, 0) is 10.2 Å². The normalized spacial score (nSPS) is 17.6. The van der Waals surface area contributed by atoms with Gasteiger partial charge in [0.1, 0.15) is 0 Å². The van der Waals surface area contributed by atoms with Crippen molar-refractivity contribution >= 4 is 46.3 Å². The molecule has 11 nitrogen and oxygen atoms in total. The molecule has 1 heterocycles. The topological polar surface area (TPSA) is 171 Å². The van der Waals surface area contributed by atoms with Crippen LogP contribution in [0.4, 0.5) is 22.7 Å². The van der Waals surface area contributed by atoms with Gasteiger partial charge in [-0.1, -0.05) is 30.0 Å². The predicted molar refractivity (Wildman–Crippen MR) is 142 cm³/mol. The Labute approximate surface area is 219 Å². The van der Waals surface area contributed by atoms with E-state index >= 15 is 0 Å². The van der Waals surface area contributed by atoms with Gasteiger partial charge in [-0.2, -0.15) is 0 Å². The van der Waals surface area contributed by atoms with Crippen molar-refractivity contribution in [3.8, 4) is 0 Å². The van der Waals surface area contributed by atoms with Gasteiger partial charge in [-0.25, -0.2) is 0 Å². The first-order valence-corrected chi connectivity index (χ1v) is 12.1. The number of carbonyl (C=O) groups excluding carboxylic acids is 2. The highest BCUT2D eigenvalue weighted by molar-refractivity contribution is 8.03. The van der Waals surface area contributed by atoms with Gasteiger partial charge in [-0.3, -0.25) is 29.8 Å². The fourth-order valence-corrected chi connectivity index (χ4v) is 5.46. The zero-order valence-electron chi connectivity index (χ0n) is 19.5. The zero-order valence-corrected chi connectivity index (χ0v) is 20.4. The average Bonchev–Trinajstić information content (AvgIpc) is 2.91. The lowest BCUT2D eigenvalue weighted by Gasteiger charge is -2.34. The monoisotopic (exact) mass is 529 g/mol. The number of amides is 2. The number of rotatable bonds is 6. The second-order valence-corrected chi connectivity index (χ2v) is 9.75. The molecule has 0 radical (unpaired) electrons. The predicted octanol–water partition coefficient (Wildman–Crippen LogP) is 4.87. The number of nitro groups is 2. The van der Waals surface area contributed by atoms with E-state index in [1.807, 2.05) is 6.08 Å². The van der Waals surface area contributed by atoms with Gasteiger partial charge in [0.15, 0.2) is 0 Å². The quantitative estimate of drug-likeness (QED) is 0.300. The number of nitro benzene ring substituents is 2. The van der Waals surface area contributed by atoms with E-state index in [2.05, 4.69) is 10.6 Å². The van der Waals surface area contributed by atoms with Crippen LogP contribution < -0.4 is 16.4 Å². The average molecular weight is 530 g/mol. The molecule has 3 aromatic rings. The van der Waals surface area contributed by atoms with E-state index in [1.54, 1.807) is 24.3 Å². The van der Waals surface area contributed by atoms with Crippen molar-refractivity contribution in [3.05, 3.63) is 121 Å². The Hall–Kier alpha value is -4.97. The van der Waals surface area contributed by atoms with E-state index in [0.717, 1.165) is 21.2 Å². The highest BCUT2D eigenvalue weighted by Crippen LogP contribution is 2.48. The van der Waals surface area contributed by atoms with Crippen LogP contribution in [0.1, 0.15) is 22.3 Å². The third kappa shape index (κ3) is 4.48. The van der Waals surface area contributed by atoms with Crippen molar-refractivity contribution in [2.24, 2.45) is 5.73 Å². The van der Waals surface area contributed by atoms with Gasteiger partial charge in [-0.15, -0.1) is 0 Å². The fraction of sp³-hybridized carbons (Fsp3) is 0.0769. The molecule has 0 saturated heterocycles. The number of allylic oxidation sites excluding steroid dienone is 1. The van der Waals surface area contributed by atoms with Crippen LogP contribution in [0.15, 0.2) is 94.4 Å². The first-order chi connectivity index (χ1) is 18.2. The lowest BCUT2D eigenvalue weighted by atomic mass is 9.74. The van der Waals surface area contributed by atoms with Crippen molar-refractivity contribution < 1.29 is 19.4 Å². The highest BCUT2D eigenvalue weighted by atomic mass is 32.2. The Bertz CT molecular complexity index is 1570. The SMILES string of the molecule is NC(=O)C1(c2ccc([N+](=O)[O-])cc2)C=C2Sc3cc(C(=O)Nc4ccc([N+](=O)[O-])cc4)ccc3NC2=CC1. The van der Waals surface area contributed by atoms with Crippen LogP contribution >= 0.6 is 11.8 Å². The number of non-ortho nitro benzene ring substituents is 2. The molecule has 2 aliphatic rings. The van der Waals surface area contributed by atoms with Gasteiger partial charge < -0.3 is 16.4 Å². The minimum atomic E-state index is -1.19. The number of nitrogens with one attached hydrogen (secondary N) is 2. The van der Waals surface area contributed by atoms with Crippen molar-refractivity contribution in [2.75, 3.05) is 10.6 Å². The summed E-state index contributed by atoms with van der Waals surface area (Å²) >= 11 is 1.37. The minimum Gasteiger partial charge on any atom is -0.369 e. The number of primary amides is 1. The Morgan fingerprint density at radius 2 is 1.58 bits per heavy atom. The van der Waals surface area contributed by atoms with Crippen LogP contribution in [0.2, 0.25) is 0 Å². The molecule has 0 fully saturated rings. The van der Waals surface area contributed by atoms with Crippen LogP contribution in [0, 0.1) is 20.2 Å². The molecule has 0 bridgehead atoms. The molecule has 38 heavy (non-hydrogen) atoms. The number of thioether (sulfide) groups is 1. The van der Waals surface area contributed by atoms with Crippen LogP contribution in [-0.4, -0.2) is 21.7 Å². The van der Waals surface area contributed by atoms with Gasteiger partial charge in [0.2, 0.25) is 5.91 Å². The molecule has 12 heteroatoms. The standard InChI is InChI=1S/C26H19N5O6S/c27-25(33)26(16-2-6-18(7-3-16)30(34)35)12-11-21-23(14-26)38-22-13-15(1-10-20(22)29-21)24(32)28-17-4-8-19(9-5-17)31(36)37/h1-11,13-14,29H,12H2,(H2,27,33)(H,28,32). The number of nitrogens with zero attached hydrogens (tertiary/aromatic N) is 2. The Kier molecular flexibility index (Phi) is 6.17. The fourth-order valence-electron chi connectivity index (χ4n) is 4.30. The van der Waals surface area contributed by atoms with Gasteiger partial charge >= 0.3 is 0 Å². The summed E-state index contributed by atoms with van der Waals surface area (Å²) in [5, 5.41) is 27.9. The molecule has 1 atom stereocenters. The smallest absolute Gasteiger partial charge is 0.269 e. The van der Waals surface area contributed by atoms with Gasteiger partial charge in [0.25, 0.3) is 17.3 Å². The van der Waals surface area contributed by atoms with Gasteiger partial charge in [0, 0.05) is 51.0 Å². The Morgan fingerprint density at radius 1 is 0.947 bits per heavy atom. The molecule has 1 aliphatic heterocycles. The second-order valence-electron chi connectivity index (χ2n) is 8.67. The third-order valence-corrected chi connectivity index (χ3v) is 7.49. The molecule has 190 valence electrons. The first-order valence-electron chi connectivity index (χ1n) is 11.3. The van der Waals surface area contributed by atoms with E-state index < -0.39 is 27.1 Å². The lowest BCUT2D eigenvalue weighted by Crippen LogP contribution is -2.41. The van der Waals surface area contributed by atoms with Crippen molar-refractivity contribution in [3.63, 3.8) is 0 Å². The van der Waals surface area contributed by atoms with Gasteiger partial charge in [-0.05, 0) is 48.4 Å². The summed E-state index contributed by atoms with van der Waals surface area (Å²) in [5.41, 5.74) is 7.40. The van der Waals surface area contributed by atoms with Crippen LogP contribution in [0.3, 0.4) is 0 Å². The second kappa shape index (κ2) is 9.48. The molecule has 0 saturated carbocycles. The summed E-state index contributed by atoms with van der Waals surface area (Å²) in [6.45, 7) is 0. The number of carbonyl (C=O) groups is 2. The number of fused-ring (bicyclic) bond motifs is 2. The largest absolute Gasteiger partial charge is 0.369 e. The summed E-state index contributed by atoms with van der Waals surface area (Å²) < 4.78 is 0. The summed E-state index contributed by atoms with van der Waals surface area (Å²) in [6.07, 6.45) is 3.90. The van der Waals surface area contributed by atoms with Crippen molar-refractivity contribution in [2.45, 2.75) is 16.7 Å². The summed E-state index contributed by atoms with van der Waals surface area (Å²) in [4.78, 5) is 47.9.